The maximum atomic E-state index is 5.01. The molecular formula is C39H62Cl2N3OPd-. The summed E-state index contributed by atoms with van der Waals surface area (Å²) in [5.74, 6) is 2.32. The van der Waals surface area contributed by atoms with Crippen LogP contribution in [0, 0.1) is 6.67 Å². The second kappa shape index (κ2) is 23.3. The van der Waals surface area contributed by atoms with Crippen molar-refractivity contribution in [1.82, 2.24) is 5.32 Å². The Balaban J connectivity index is 0.000000710. The molecule has 0 spiro atoms. The molecule has 4 nitrogen and oxygen atoms in total. The minimum absolute atomic E-state index is 0.106. The Morgan fingerprint density at radius 3 is 1.09 bits per heavy atom. The predicted octanol–water partition coefficient (Wildman–Crippen LogP) is 12.2. The number of benzene rings is 2. The summed E-state index contributed by atoms with van der Waals surface area (Å²) >= 11 is -0.106. The van der Waals surface area contributed by atoms with E-state index in [2.05, 4.69) is 126 Å². The molecule has 0 unspecified atom stereocenters. The predicted molar refractivity (Wildman–Crippen MR) is 200 cm³/mol. The van der Waals surface area contributed by atoms with Crippen LogP contribution in [0.25, 0.3) is 0 Å². The summed E-state index contributed by atoms with van der Waals surface area (Å²) in [6.45, 7) is 24.9. The van der Waals surface area contributed by atoms with Crippen molar-refractivity contribution in [3.63, 3.8) is 0 Å². The molecule has 0 radical (unpaired) electrons. The molecule has 2 heterocycles. The third-order valence-corrected chi connectivity index (χ3v) is 9.90. The second-order valence-electron chi connectivity index (χ2n) is 12.3. The molecule has 2 aromatic carbocycles. The average molecular weight is 766 g/mol. The van der Waals surface area contributed by atoms with Gasteiger partial charge in [-0.05, 0) is 110 Å². The zero-order valence-electron chi connectivity index (χ0n) is 29.9. The fourth-order valence-corrected chi connectivity index (χ4v) is 7.12. The summed E-state index contributed by atoms with van der Waals surface area (Å²) in [6.07, 6.45) is 14.0. The first-order chi connectivity index (χ1) is 22.4. The van der Waals surface area contributed by atoms with Crippen LogP contribution in [0.5, 0.6) is 0 Å². The van der Waals surface area contributed by atoms with Gasteiger partial charge in [0.1, 0.15) is 0 Å². The fourth-order valence-electron chi connectivity index (χ4n) is 7.12. The van der Waals surface area contributed by atoms with E-state index in [9.17, 15) is 0 Å². The molecule has 0 aromatic heterocycles. The van der Waals surface area contributed by atoms with Gasteiger partial charge < -0.3 is 19.9 Å². The molecule has 7 heteroatoms. The molecule has 0 bridgehead atoms. The fraction of sp³-hybridized carbons (Fsp3) is 0.615. The van der Waals surface area contributed by atoms with Crippen molar-refractivity contribution >= 4 is 30.4 Å². The van der Waals surface area contributed by atoms with Gasteiger partial charge in [-0.15, -0.1) is 6.67 Å². The molecule has 46 heavy (non-hydrogen) atoms. The molecule has 4 rings (SSSR count). The molecule has 2 aliphatic heterocycles. The topological polar surface area (TPSA) is 27.7 Å². The number of rotatable bonds is 14. The number of ether oxygens (including phenoxy) is 1. The zero-order valence-corrected chi connectivity index (χ0v) is 32.9. The number of nitrogens with one attached hydrogen (secondary N) is 1. The van der Waals surface area contributed by atoms with Crippen LogP contribution in [0.2, 0.25) is 0 Å². The molecule has 0 atom stereocenters. The molecule has 0 aliphatic carbocycles. The van der Waals surface area contributed by atoms with Crippen molar-refractivity contribution in [3.05, 3.63) is 77.7 Å². The SMILES string of the molecule is C1COCCN1.CCC(CC)c1cccc(C(CC)CC)c1N1C=CN(c2c(C(CC)CC)cccc2C(CC)CC)[CH-]1.[Cl][Pd][Cl]. The summed E-state index contributed by atoms with van der Waals surface area (Å²) < 4.78 is 5.01. The van der Waals surface area contributed by atoms with Gasteiger partial charge in [0.05, 0.1) is 13.2 Å². The number of hydrogen-bond donors (Lipinski definition) is 1. The number of para-hydroxylation sites is 2. The third kappa shape index (κ3) is 11.3. The van der Waals surface area contributed by atoms with Crippen LogP contribution in [0.15, 0.2) is 48.8 Å². The van der Waals surface area contributed by atoms with E-state index in [4.69, 9.17) is 23.8 Å². The number of halogens is 2. The van der Waals surface area contributed by atoms with Gasteiger partial charge in [0.25, 0.3) is 0 Å². The summed E-state index contributed by atoms with van der Waals surface area (Å²) in [6, 6.07) is 14.1. The van der Waals surface area contributed by atoms with Crippen LogP contribution in [0.3, 0.4) is 0 Å². The van der Waals surface area contributed by atoms with E-state index in [0.29, 0.717) is 23.7 Å². The van der Waals surface area contributed by atoms with Crippen molar-refractivity contribution in [2.24, 2.45) is 0 Å². The molecule has 264 valence electrons. The molecular weight excluding hydrogens is 704 g/mol. The monoisotopic (exact) mass is 764 g/mol. The van der Waals surface area contributed by atoms with Crippen molar-refractivity contribution in [2.75, 3.05) is 36.1 Å². The van der Waals surface area contributed by atoms with Crippen LogP contribution < -0.4 is 15.1 Å². The molecule has 0 amide bonds. The molecule has 0 saturated carbocycles. The van der Waals surface area contributed by atoms with Crippen LogP contribution in [0.4, 0.5) is 11.4 Å². The Bertz CT molecular complexity index is 975. The van der Waals surface area contributed by atoms with Crippen molar-refractivity contribution in [3.8, 4) is 0 Å². The van der Waals surface area contributed by atoms with Crippen LogP contribution >= 0.6 is 19.1 Å². The Labute approximate surface area is 299 Å². The third-order valence-electron chi connectivity index (χ3n) is 9.90. The Morgan fingerprint density at radius 2 is 0.891 bits per heavy atom. The average Bonchev–Trinajstić information content (AvgIpc) is 3.58. The van der Waals surface area contributed by atoms with Gasteiger partial charge in [0.2, 0.25) is 0 Å². The van der Waals surface area contributed by atoms with E-state index < -0.39 is 0 Å². The second-order valence-corrected chi connectivity index (χ2v) is 14.6. The van der Waals surface area contributed by atoms with Gasteiger partial charge in [-0.2, -0.15) is 0 Å². The van der Waals surface area contributed by atoms with E-state index >= 15 is 0 Å². The van der Waals surface area contributed by atoms with Gasteiger partial charge in [0.15, 0.2) is 0 Å². The van der Waals surface area contributed by atoms with Crippen LogP contribution in [0.1, 0.15) is 153 Å². The van der Waals surface area contributed by atoms with Gasteiger partial charge in [0, 0.05) is 24.5 Å². The molecule has 1 fully saturated rings. The van der Waals surface area contributed by atoms with Gasteiger partial charge in [-0.1, -0.05) is 91.8 Å². The van der Waals surface area contributed by atoms with Crippen LogP contribution in [-0.2, 0) is 20.7 Å². The molecule has 1 N–H and O–H groups in total. The summed E-state index contributed by atoms with van der Waals surface area (Å²) in [5.41, 5.74) is 8.87. The number of nitrogens with zero attached hydrogens (tertiary/aromatic N) is 2. The summed E-state index contributed by atoms with van der Waals surface area (Å²) in [7, 11) is 9.63. The number of anilines is 2. The summed E-state index contributed by atoms with van der Waals surface area (Å²) in [4.78, 5) is 4.89. The molecule has 2 aliphatic rings. The van der Waals surface area contributed by atoms with E-state index in [1.165, 1.54) is 85.0 Å². The quantitative estimate of drug-likeness (QED) is 0.153. The first kappa shape index (κ1) is 41.1. The number of morpholine rings is 1. The molecule has 1 saturated heterocycles. The van der Waals surface area contributed by atoms with E-state index in [1.54, 1.807) is 0 Å². The van der Waals surface area contributed by atoms with Crippen molar-refractivity contribution < 1.29 is 20.7 Å². The normalized spacial score (nSPS) is 14.7. The van der Waals surface area contributed by atoms with E-state index in [1.807, 2.05) is 0 Å². The Morgan fingerprint density at radius 1 is 0.609 bits per heavy atom. The van der Waals surface area contributed by atoms with E-state index in [0.717, 1.165) is 26.3 Å². The van der Waals surface area contributed by atoms with Gasteiger partial charge >= 0.3 is 35.0 Å². The van der Waals surface area contributed by atoms with Crippen LogP contribution in [-0.4, -0.2) is 26.3 Å². The first-order valence-electron chi connectivity index (χ1n) is 17.9. The first-order valence-corrected chi connectivity index (χ1v) is 21.9. The van der Waals surface area contributed by atoms with Gasteiger partial charge in [-0.25, -0.2) is 0 Å². The Kier molecular flexibility index (Phi) is 20.8. The summed E-state index contributed by atoms with van der Waals surface area (Å²) in [5, 5.41) is 3.16. The Hall–Kier alpha value is -1.06. The van der Waals surface area contributed by atoms with Gasteiger partial charge in [-0.3, -0.25) is 0 Å². The zero-order chi connectivity index (χ0) is 33.9. The van der Waals surface area contributed by atoms with Crippen molar-refractivity contribution in [2.45, 2.75) is 130 Å². The maximum absolute atomic E-state index is 5.01. The minimum atomic E-state index is -0.106. The van der Waals surface area contributed by atoms with E-state index in [-0.39, 0.29) is 15.9 Å². The standard InChI is InChI=1S/C35H53N2.C4H9NO.2ClH.Pd/c1-9-26(10-2)30-19-17-20-31(27(11-3)12-4)34(30)36-23-24-37(25-36)35-32(28(13-5)14-6)21-18-22-33(35)29(15-7)16-8;1-3-6-4-2-5-1;;;/h17-29H,9-16H2,1-8H3;5H,1-4H2;2*1H;/q-1;;;;+2/p-2. The molecule has 2 aromatic rings. The van der Waals surface area contributed by atoms with Crippen molar-refractivity contribution in [1.29, 1.82) is 0 Å². The number of hydrogen-bond acceptors (Lipinski definition) is 4.